The Kier molecular flexibility index (Phi) is 19.1. The molecule has 0 aliphatic rings. The number of anilines is 2. The molecule has 0 spiro atoms. The lowest BCUT2D eigenvalue weighted by molar-refractivity contribution is 0.415. The van der Waals surface area contributed by atoms with E-state index in [1.165, 1.54) is 64.6 Å². The Morgan fingerprint density at radius 3 is 0.725 bits per heavy atom. The Labute approximate surface area is 690 Å². The lowest BCUT2D eigenvalue weighted by atomic mass is 9.92. The first-order valence-electron chi connectivity index (χ1n) is 39.5. The standard InChI is InChI=1S/C34H26NO4P.C29H19O2P.C21H15O2P.C20H14NO2P/c1-36-27-17-13-25(14-18-27)35(26-15-19-28(37-2)20-16-26)40-38-31-21-11-23-7-3-5-9-29(23)33(31)34-30-10-6-4-8-24(30)12-22-32(34)39-40;1-32-30-28-24-16-8-4-12-20(24)18-10-2-6-14-22(18)26(28)27-23-15-7-3-11-19(23)21-13-5-9-17-25(21)29(27)31-32;1-24-22-18-12-10-14-6-2-4-8-16(14)20(18)21-17-9-5-3-7-15(17)11-13-19(21)23-24;21-24-22-17-11-9-13-5-1-3-7-15(13)19(17)20-16-8-4-2-6-14(16)10-12-18(20)23-24/h3-22H,1-2H3;2-17H,1H3;2-13H,1H3;1-12H,21H2. The molecule has 2 N–H and O–H groups in total. The first kappa shape index (κ1) is 73.6. The molecule has 4 aromatic heterocycles. The van der Waals surface area contributed by atoms with Crippen molar-refractivity contribution in [2.75, 3.05) is 24.4 Å². The molecular formula is C104H74N2O10P4. The third-order valence-corrected chi connectivity index (χ3v) is 26.6. The molecule has 120 heavy (non-hydrogen) atoms. The highest BCUT2D eigenvalue weighted by Gasteiger charge is 2.24. The fourth-order valence-electron chi connectivity index (χ4n) is 17.3. The Bertz CT molecular complexity index is 7740. The summed E-state index contributed by atoms with van der Waals surface area (Å²) >= 11 is 0. The first-order chi connectivity index (χ1) is 59.2. The lowest BCUT2D eigenvalue weighted by Crippen LogP contribution is -2.05. The predicted molar refractivity (Wildman–Crippen MR) is 506 cm³/mol. The number of benzene rings is 20. The maximum Gasteiger partial charge on any atom is 0.346 e. The number of nitrogens with zero attached hydrogens (tertiary/aromatic N) is 1. The van der Waals surface area contributed by atoms with Crippen LogP contribution in [0, 0.1) is 0 Å². The number of methoxy groups -OCH3 is 2. The van der Waals surface area contributed by atoms with E-state index in [1.807, 2.05) is 98.3 Å². The van der Waals surface area contributed by atoms with Gasteiger partial charge in [0.05, 0.1) is 25.6 Å². The van der Waals surface area contributed by atoms with Crippen molar-refractivity contribution in [3.8, 4) is 11.5 Å². The van der Waals surface area contributed by atoms with Crippen molar-refractivity contribution in [1.29, 1.82) is 0 Å². The van der Waals surface area contributed by atoms with Crippen LogP contribution in [0.4, 0.5) is 11.4 Å². The predicted octanol–water partition coefficient (Wildman–Crippen LogP) is 33.1. The summed E-state index contributed by atoms with van der Waals surface area (Å²) in [5.41, 5.74) is 14.7. The summed E-state index contributed by atoms with van der Waals surface area (Å²) in [6, 6.07) is 125. The molecule has 24 rings (SSSR count). The summed E-state index contributed by atoms with van der Waals surface area (Å²) in [4.78, 5) is 0. The third-order valence-electron chi connectivity index (χ3n) is 22.5. The summed E-state index contributed by atoms with van der Waals surface area (Å²) in [6.07, 6.45) is 0. The SMILES string of the molecule is COc1ccc(N(c2ccc(OC)cc2)p2oc3ccc4ccccc4c3c3c(ccc4ccccc43)o2)cc1.Cp1oc2c3ccccc3c3ccccc3c2c2c3ccccc3c3ccccc3c2o1.Cp1oc2ccc3ccccc3c2c2c(ccc3ccccc32)o1.Np1oc2ccc3ccccc3c2c2c(ccc3ccccc32)o1. The molecule has 12 nitrogen and oxygen atoms in total. The van der Waals surface area contributed by atoms with E-state index in [4.69, 9.17) is 48.6 Å². The second-order valence-electron chi connectivity index (χ2n) is 29.4. The second kappa shape index (κ2) is 31.1. The highest BCUT2D eigenvalue weighted by atomic mass is 31.1. The van der Waals surface area contributed by atoms with Gasteiger partial charge in [-0.25, -0.2) is 10.2 Å². The van der Waals surface area contributed by atoms with Gasteiger partial charge in [0, 0.05) is 67.2 Å². The maximum absolute atomic E-state index is 6.89. The van der Waals surface area contributed by atoms with Gasteiger partial charge in [-0.2, -0.15) is 0 Å². The van der Waals surface area contributed by atoms with Gasteiger partial charge < -0.3 is 43.0 Å². The minimum atomic E-state index is -1.67. The highest BCUT2D eigenvalue weighted by Crippen LogP contribution is 2.51. The molecular weight excluding hydrogens is 1560 g/mol. The highest BCUT2D eigenvalue weighted by molar-refractivity contribution is 7.40. The number of nitrogen functional groups attached to an aromatic ring is 1. The molecule has 0 fully saturated rings. The van der Waals surface area contributed by atoms with Gasteiger partial charge in [0.25, 0.3) is 0 Å². The van der Waals surface area contributed by atoms with Gasteiger partial charge in [-0.15, -0.1) is 0 Å². The van der Waals surface area contributed by atoms with E-state index in [0.717, 1.165) is 154 Å². The Hall–Kier alpha value is -14.0. The van der Waals surface area contributed by atoms with Gasteiger partial charge in [0.15, 0.2) is 0 Å². The van der Waals surface area contributed by atoms with E-state index in [9.17, 15) is 0 Å². The average molecular weight is 1640 g/mol. The molecule has 0 unspecified atom stereocenters. The molecule has 24 aromatic rings. The summed E-state index contributed by atoms with van der Waals surface area (Å²) < 4.78 is 64.1. The Morgan fingerprint density at radius 1 is 0.217 bits per heavy atom. The van der Waals surface area contributed by atoms with Crippen LogP contribution in [0.3, 0.4) is 0 Å². The number of rotatable bonds is 5. The van der Waals surface area contributed by atoms with Crippen LogP contribution in [0.25, 0.3) is 195 Å². The molecule has 16 heteroatoms. The number of fused-ring (bicyclic) bond motifs is 34. The van der Waals surface area contributed by atoms with Crippen LogP contribution in [0.1, 0.15) is 0 Å². The van der Waals surface area contributed by atoms with Crippen LogP contribution in [0.2, 0.25) is 0 Å². The van der Waals surface area contributed by atoms with Crippen molar-refractivity contribution in [2.45, 2.75) is 0 Å². The van der Waals surface area contributed by atoms with Crippen LogP contribution in [-0.4, -0.2) is 14.2 Å². The van der Waals surface area contributed by atoms with Crippen LogP contribution < -0.4 is 19.6 Å². The van der Waals surface area contributed by atoms with Gasteiger partial charge >= 0.3 is 16.3 Å². The van der Waals surface area contributed by atoms with Crippen molar-refractivity contribution in [3.63, 3.8) is 0 Å². The van der Waals surface area contributed by atoms with Crippen LogP contribution in [0.15, 0.2) is 398 Å². The largest absolute Gasteiger partial charge is 0.497 e. The smallest absolute Gasteiger partial charge is 0.346 e. The second-order valence-corrected chi connectivity index (χ2v) is 34.1. The fraction of sp³-hybridized carbons (Fsp3) is 0.0385. The number of aryl methyl sites for hydroxylation is 2. The maximum atomic E-state index is 6.89. The van der Waals surface area contributed by atoms with E-state index >= 15 is 0 Å². The van der Waals surface area contributed by atoms with Crippen molar-refractivity contribution < 1.29 is 43.0 Å². The van der Waals surface area contributed by atoms with Gasteiger partial charge in [0.1, 0.15) is 56.2 Å². The van der Waals surface area contributed by atoms with Crippen molar-refractivity contribution in [1.82, 2.24) is 0 Å². The van der Waals surface area contributed by atoms with Crippen LogP contribution in [0.5, 0.6) is 11.5 Å². The van der Waals surface area contributed by atoms with E-state index in [1.54, 1.807) is 14.2 Å². The summed E-state index contributed by atoms with van der Waals surface area (Å²) in [6.45, 7) is 4.04. The topological polar surface area (TPSA) is 153 Å². The van der Waals surface area contributed by atoms with Crippen molar-refractivity contribution in [3.05, 3.63) is 364 Å². The summed E-state index contributed by atoms with van der Waals surface area (Å²) in [5, 5.41) is 32.2. The molecule has 0 atom stereocenters. The van der Waals surface area contributed by atoms with Crippen molar-refractivity contribution >= 4 is 239 Å². The molecule has 0 amide bonds. The van der Waals surface area contributed by atoms with Crippen LogP contribution >= 0.6 is 32.4 Å². The molecule has 0 saturated heterocycles. The van der Waals surface area contributed by atoms with Crippen LogP contribution in [-0.2, 0) is 13.3 Å². The van der Waals surface area contributed by atoms with Crippen molar-refractivity contribution in [2.24, 2.45) is 13.3 Å². The summed E-state index contributed by atoms with van der Waals surface area (Å²) in [5.74, 6) is 1.56. The van der Waals surface area contributed by atoms with Gasteiger partial charge in [-0.05, 0) is 182 Å². The number of hydrogen-bond donors (Lipinski definition) is 1. The molecule has 0 saturated carbocycles. The van der Waals surface area contributed by atoms with Gasteiger partial charge in [-0.1, -0.05) is 279 Å². The number of ether oxygens (including phenoxy) is 2. The minimum absolute atomic E-state index is 0.775. The van der Waals surface area contributed by atoms with E-state index < -0.39 is 32.4 Å². The number of hydrogen-bond acceptors (Lipinski definition) is 12. The molecule has 20 aromatic carbocycles. The van der Waals surface area contributed by atoms with Gasteiger partial charge in [-0.3, -0.25) is 0 Å². The molecule has 0 aliphatic heterocycles. The van der Waals surface area contributed by atoms with E-state index in [-0.39, 0.29) is 0 Å². The normalized spacial score (nSPS) is 11.5. The Balaban J connectivity index is 0.000000101. The molecule has 0 aliphatic carbocycles. The Morgan fingerprint density at radius 2 is 0.442 bits per heavy atom. The third kappa shape index (κ3) is 13.1. The first-order valence-corrected chi connectivity index (χ1v) is 45.1. The average Bonchev–Trinajstić information content (AvgIpc) is 1.33. The molecule has 0 bridgehead atoms. The minimum Gasteiger partial charge on any atom is -0.497 e. The van der Waals surface area contributed by atoms with E-state index in [0.29, 0.717) is 0 Å². The molecule has 0 radical (unpaired) electrons. The van der Waals surface area contributed by atoms with E-state index in [2.05, 4.69) is 284 Å². The quantitative estimate of drug-likeness (QED) is 0.163. The molecule has 580 valence electrons. The monoisotopic (exact) mass is 1630 g/mol. The zero-order valence-corrected chi connectivity index (χ0v) is 69.1. The fourth-order valence-corrected chi connectivity index (χ4v) is 21.3. The molecule has 4 heterocycles. The number of nitrogens with two attached hydrogens (primary N) is 1. The zero-order chi connectivity index (χ0) is 80.5. The lowest BCUT2D eigenvalue weighted by Gasteiger charge is -2.21. The zero-order valence-electron chi connectivity index (χ0n) is 65.5. The summed E-state index contributed by atoms with van der Waals surface area (Å²) in [7, 11) is -1.99. The van der Waals surface area contributed by atoms with Gasteiger partial charge in [0.2, 0.25) is 16.0 Å².